The Morgan fingerprint density at radius 2 is 1.81 bits per heavy atom. The summed E-state index contributed by atoms with van der Waals surface area (Å²) in [6.45, 7) is 3.40. The van der Waals surface area contributed by atoms with Crippen molar-refractivity contribution >= 4 is 0 Å². The molecule has 1 N–H and O–H groups in total. The maximum atomic E-state index is 10.4. The van der Waals surface area contributed by atoms with Crippen molar-refractivity contribution in [3.05, 3.63) is 35.4 Å². The van der Waals surface area contributed by atoms with Gasteiger partial charge in [0, 0.05) is 6.61 Å². The van der Waals surface area contributed by atoms with E-state index in [4.69, 9.17) is 4.74 Å². The summed E-state index contributed by atoms with van der Waals surface area (Å²) in [5, 5.41) is 10.4. The Bertz CT molecular complexity index is 323. The average molecular weight is 220 g/mol. The summed E-state index contributed by atoms with van der Waals surface area (Å²) >= 11 is 0. The molecule has 1 aliphatic carbocycles. The molecule has 0 aromatic heterocycles. The first kappa shape index (κ1) is 11.6. The molecule has 0 aliphatic heterocycles. The van der Waals surface area contributed by atoms with Crippen molar-refractivity contribution in [2.45, 2.75) is 44.8 Å². The Morgan fingerprint density at radius 3 is 2.38 bits per heavy atom. The SMILES string of the molecule is CCOCc1ccc(C2(O)CCCC2)cc1. The monoisotopic (exact) mass is 220 g/mol. The summed E-state index contributed by atoms with van der Waals surface area (Å²) < 4.78 is 5.35. The van der Waals surface area contributed by atoms with Crippen LogP contribution in [0.2, 0.25) is 0 Å². The number of ether oxygens (including phenoxy) is 1. The van der Waals surface area contributed by atoms with Gasteiger partial charge in [0.1, 0.15) is 0 Å². The minimum Gasteiger partial charge on any atom is -0.385 e. The second kappa shape index (κ2) is 4.98. The third-order valence-corrected chi connectivity index (χ3v) is 3.39. The van der Waals surface area contributed by atoms with Gasteiger partial charge in [0.15, 0.2) is 0 Å². The highest BCUT2D eigenvalue weighted by molar-refractivity contribution is 5.27. The van der Waals surface area contributed by atoms with Gasteiger partial charge in [0.05, 0.1) is 12.2 Å². The third-order valence-electron chi connectivity index (χ3n) is 3.39. The molecule has 88 valence electrons. The van der Waals surface area contributed by atoms with E-state index < -0.39 is 5.60 Å². The Balaban J connectivity index is 2.06. The van der Waals surface area contributed by atoms with Crippen LogP contribution in [-0.2, 0) is 16.9 Å². The lowest BCUT2D eigenvalue weighted by atomic mass is 9.92. The van der Waals surface area contributed by atoms with E-state index in [2.05, 4.69) is 12.1 Å². The molecule has 0 saturated heterocycles. The maximum absolute atomic E-state index is 10.4. The third kappa shape index (κ3) is 2.45. The van der Waals surface area contributed by atoms with Gasteiger partial charge < -0.3 is 9.84 Å². The number of hydrogen-bond acceptors (Lipinski definition) is 2. The summed E-state index contributed by atoms with van der Waals surface area (Å²) in [6, 6.07) is 8.20. The van der Waals surface area contributed by atoms with E-state index in [-0.39, 0.29) is 0 Å². The minimum absolute atomic E-state index is 0.565. The largest absolute Gasteiger partial charge is 0.385 e. The van der Waals surface area contributed by atoms with Gasteiger partial charge >= 0.3 is 0 Å². The number of hydrogen-bond donors (Lipinski definition) is 1. The van der Waals surface area contributed by atoms with E-state index in [0.717, 1.165) is 37.9 Å². The molecule has 1 aromatic rings. The summed E-state index contributed by atoms with van der Waals surface area (Å²) in [5.74, 6) is 0. The fourth-order valence-electron chi connectivity index (χ4n) is 2.38. The zero-order chi connectivity index (χ0) is 11.4. The topological polar surface area (TPSA) is 29.5 Å². The average Bonchev–Trinajstić information content (AvgIpc) is 2.75. The lowest BCUT2D eigenvalue weighted by Crippen LogP contribution is -2.20. The van der Waals surface area contributed by atoms with E-state index in [1.165, 1.54) is 5.56 Å². The molecule has 0 radical (unpaired) electrons. The highest BCUT2D eigenvalue weighted by Crippen LogP contribution is 2.38. The van der Waals surface area contributed by atoms with E-state index >= 15 is 0 Å². The molecule has 2 rings (SSSR count). The predicted octanol–water partition coefficient (Wildman–Crippen LogP) is 2.98. The summed E-state index contributed by atoms with van der Waals surface area (Å²) in [5.41, 5.74) is 1.67. The van der Waals surface area contributed by atoms with Crippen molar-refractivity contribution in [1.82, 2.24) is 0 Å². The molecule has 16 heavy (non-hydrogen) atoms. The molecule has 0 spiro atoms. The Labute approximate surface area is 97.3 Å². The number of benzene rings is 1. The highest BCUT2D eigenvalue weighted by atomic mass is 16.5. The quantitative estimate of drug-likeness (QED) is 0.845. The Hall–Kier alpha value is -0.860. The lowest BCUT2D eigenvalue weighted by molar-refractivity contribution is 0.0444. The summed E-state index contributed by atoms with van der Waals surface area (Å²) in [6.07, 6.45) is 4.07. The van der Waals surface area contributed by atoms with Crippen LogP contribution in [0.25, 0.3) is 0 Å². The Morgan fingerprint density at radius 1 is 1.19 bits per heavy atom. The van der Waals surface area contributed by atoms with Gasteiger partial charge in [-0.3, -0.25) is 0 Å². The zero-order valence-electron chi connectivity index (χ0n) is 9.91. The molecule has 0 atom stereocenters. The van der Waals surface area contributed by atoms with Crippen LogP contribution in [0.15, 0.2) is 24.3 Å². The van der Waals surface area contributed by atoms with Crippen molar-refractivity contribution in [1.29, 1.82) is 0 Å². The van der Waals surface area contributed by atoms with E-state index in [9.17, 15) is 5.11 Å². The molecule has 0 heterocycles. The van der Waals surface area contributed by atoms with Gasteiger partial charge in [-0.1, -0.05) is 37.1 Å². The molecule has 1 fully saturated rings. The molecule has 1 aromatic carbocycles. The molecule has 1 aliphatic rings. The van der Waals surface area contributed by atoms with Gasteiger partial charge in [0.2, 0.25) is 0 Å². The van der Waals surface area contributed by atoms with E-state index in [0.29, 0.717) is 6.61 Å². The molecular formula is C14H20O2. The van der Waals surface area contributed by atoms with Gasteiger partial charge in [-0.2, -0.15) is 0 Å². The van der Waals surface area contributed by atoms with Gasteiger partial charge in [-0.25, -0.2) is 0 Å². The van der Waals surface area contributed by atoms with Crippen LogP contribution in [0.5, 0.6) is 0 Å². The molecule has 0 bridgehead atoms. The second-order valence-corrected chi connectivity index (χ2v) is 4.57. The molecule has 2 heteroatoms. The van der Waals surface area contributed by atoms with E-state index in [1.807, 2.05) is 19.1 Å². The minimum atomic E-state index is -0.565. The summed E-state index contributed by atoms with van der Waals surface area (Å²) in [7, 11) is 0. The van der Waals surface area contributed by atoms with Crippen LogP contribution in [0.3, 0.4) is 0 Å². The molecule has 1 saturated carbocycles. The first-order valence-electron chi connectivity index (χ1n) is 6.14. The van der Waals surface area contributed by atoms with Crippen LogP contribution in [0, 0.1) is 0 Å². The highest BCUT2D eigenvalue weighted by Gasteiger charge is 2.32. The smallest absolute Gasteiger partial charge is 0.0896 e. The first-order chi connectivity index (χ1) is 7.74. The fourth-order valence-corrected chi connectivity index (χ4v) is 2.38. The molecule has 2 nitrogen and oxygen atoms in total. The van der Waals surface area contributed by atoms with E-state index in [1.54, 1.807) is 0 Å². The first-order valence-corrected chi connectivity index (χ1v) is 6.14. The van der Waals surface area contributed by atoms with Crippen molar-refractivity contribution < 1.29 is 9.84 Å². The number of aliphatic hydroxyl groups is 1. The van der Waals surface area contributed by atoms with Crippen LogP contribution in [0.1, 0.15) is 43.7 Å². The van der Waals surface area contributed by atoms with Gasteiger partial charge in [0.25, 0.3) is 0 Å². The zero-order valence-corrected chi connectivity index (χ0v) is 9.91. The van der Waals surface area contributed by atoms with Gasteiger partial charge in [-0.05, 0) is 30.9 Å². The summed E-state index contributed by atoms with van der Waals surface area (Å²) in [4.78, 5) is 0. The molecular weight excluding hydrogens is 200 g/mol. The normalized spacial score (nSPS) is 18.9. The Kier molecular flexibility index (Phi) is 3.62. The molecule has 0 amide bonds. The van der Waals surface area contributed by atoms with Crippen molar-refractivity contribution in [3.63, 3.8) is 0 Å². The van der Waals surface area contributed by atoms with Crippen LogP contribution in [0.4, 0.5) is 0 Å². The van der Waals surface area contributed by atoms with Crippen LogP contribution < -0.4 is 0 Å². The molecule has 0 unspecified atom stereocenters. The predicted molar refractivity (Wildman–Crippen MR) is 64.1 cm³/mol. The van der Waals surface area contributed by atoms with Crippen molar-refractivity contribution in [2.24, 2.45) is 0 Å². The maximum Gasteiger partial charge on any atom is 0.0896 e. The standard InChI is InChI=1S/C14H20O2/c1-2-16-11-12-5-7-13(8-6-12)14(15)9-3-4-10-14/h5-8,15H,2-4,9-11H2,1H3. The van der Waals surface area contributed by atoms with Crippen LogP contribution >= 0.6 is 0 Å². The fraction of sp³-hybridized carbons (Fsp3) is 0.571. The van der Waals surface area contributed by atoms with Crippen LogP contribution in [-0.4, -0.2) is 11.7 Å². The van der Waals surface area contributed by atoms with Gasteiger partial charge in [-0.15, -0.1) is 0 Å². The number of rotatable bonds is 4. The second-order valence-electron chi connectivity index (χ2n) is 4.57. The van der Waals surface area contributed by atoms with Crippen molar-refractivity contribution in [3.8, 4) is 0 Å². The van der Waals surface area contributed by atoms with Crippen molar-refractivity contribution in [2.75, 3.05) is 6.61 Å². The lowest BCUT2D eigenvalue weighted by Gasteiger charge is -2.22.